The molecule has 2 nitrogen and oxygen atoms in total. The van der Waals surface area contributed by atoms with Crippen LogP contribution in [0.5, 0.6) is 0 Å². The average Bonchev–Trinajstić information content (AvgIpc) is 1.59. The van der Waals surface area contributed by atoms with Crippen molar-refractivity contribution in [3.8, 4) is 0 Å². The van der Waals surface area contributed by atoms with E-state index in [1.807, 2.05) is 20.8 Å². The van der Waals surface area contributed by atoms with E-state index in [2.05, 4.69) is 4.99 Å². The van der Waals surface area contributed by atoms with Crippen molar-refractivity contribution in [1.29, 1.82) is 0 Å². The molecule has 0 rings (SSSR count). The topological polar surface area (TPSA) is 38.4 Å². The molecule has 0 unspecified atom stereocenters. The molecular formula is C6H14N2. The summed E-state index contributed by atoms with van der Waals surface area (Å²) in [6.07, 6.45) is 1.77. The maximum atomic E-state index is 5.57. The van der Waals surface area contributed by atoms with Crippen molar-refractivity contribution in [2.24, 2.45) is 10.7 Å². The lowest BCUT2D eigenvalue weighted by Gasteiger charge is -2.09. The Kier molecular flexibility index (Phi) is 2.69. The van der Waals surface area contributed by atoms with E-state index in [1.54, 1.807) is 6.21 Å². The van der Waals surface area contributed by atoms with Gasteiger partial charge in [-0.2, -0.15) is 0 Å². The van der Waals surface area contributed by atoms with Gasteiger partial charge in [-0.15, -0.1) is 0 Å². The fraction of sp³-hybridized carbons (Fsp3) is 0.833. The van der Waals surface area contributed by atoms with Crippen molar-refractivity contribution in [2.75, 3.05) is 6.54 Å². The van der Waals surface area contributed by atoms with E-state index >= 15 is 0 Å². The largest absolute Gasteiger partial charge is 0.321 e. The Balaban J connectivity index is 3.52. The van der Waals surface area contributed by atoms with E-state index in [-0.39, 0.29) is 5.54 Å². The molecule has 0 aliphatic carbocycles. The normalized spacial score (nSPS) is 13.0. The van der Waals surface area contributed by atoms with Crippen LogP contribution in [-0.4, -0.2) is 18.3 Å². The molecule has 8 heavy (non-hydrogen) atoms. The molecule has 2 heteroatoms. The molecule has 48 valence electrons. The second-order valence-electron chi connectivity index (χ2n) is 2.45. The first-order valence-corrected chi connectivity index (χ1v) is 2.86. The number of nitrogens with two attached hydrogens (primary N) is 1. The van der Waals surface area contributed by atoms with Gasteiger partial charge in [-0.25, -0.2) is 0 Å². The maximum absolute atomic E-state index is 5.57. The summed E-state index contributed by atoms with van der Waals surface area (Å²) < 4.78 is 0. The molecular weight excluding hydrogens is 100 g/mol. The molecule has 0 fully saturated rings. The van der Waals surface area contributed by atoms with Gasteiger partial charge in [0.05, 0.1) is 0 Å². The first kappa shape index (κ1) is 7.63. The second-order valence-corrected chi connectivity index (χ2v) is 2.45. The molecule has 0 aromatic rings. The van der Waals surface area contributed by atoms with E-state index in [0.717, 1.165) is 6.54 Å². The SMILES string of the molecule is CCN=CC(C)(C)N. The first-order valence-electron chi connectivity index (χ1n) is 2.86. The molecule has 0 spiro atoms. The molecule has 0 saturated heterocycles. The van der Waals surface area contributed by atoms with Gasteiger partial charge in [0.25, 0.3) is 0 Å². The Morgan fingerprint density at radius 3 is 2.25 bits per heavy atom. The van der Waals surface area contributed by atoms with E-state index in [0.29, 0.717) is 0 Å². The standard InChI is InChI=1S/C6H14N2/c1-4-8-5-6(2,3)7/h5H,4,7H2,1-3H3. The van der Waals surface area contributed by atoms with Crippen LogP contribution in [0.3, 0.4) is 0 Å². The Morgan fingerprint density at radius 2 is 2.12 bits per heavy atom. The highest BCUT2D eigenvalue weighted by atomic mass is 14.8. The molecule has 0 heterocycles. The summed E-state index contributed by atoms with van der Waals surface area (Å²) in [6, 6.07) is 0. The minimum Gasteiger partial charge on any atom is -0.321 e. The molecule has 0 atom stereocenters. The van der Waals surface area contributed by atoms with Crippen molar-refractivity contribution >= 4 is 6.21 Å². The van der Waals surface area contributed by atoms with Crippen LogP contribution in [0, 0.1) is 0 Å². The van der Waals surface area contributed by atoms with Gasteiger partial charge >= 0.3 is 0 Å². The molecule has 0 aliphatic heterocycles. The van der Waals surface area contributed by atoms with Crippen LogP contribution in [0.4, 0.5) is 0 Å². The van der Waals surface area contributed by atoms with Crippen LogP contribution in [-0.2, 0) is 0 Å². The lowest BCUT2D eigenvalue weighted by atomic mass is 10.1. The minimum absolute atomic E-state index is 0.240. The summed E-state index contributed by atoms with van der Waals surface area (Å²) in [6.45, 7) is 6.65. The average molecular weight is 114 g/mol. The number of nitrogens with zero attached hydrogens (tertiary/aromatic N) is 1. The third kappa shape index (κ3) is 5.63. The number of rotatable bonds is 2. The van der Waals surface area contributed by atoms with Crippen molar-refractivity contribution in [2.45, 2.75) is 26.3 Å². The van der Waals surface area contributed by atoms with Crippen LogP contribution in [0.2, 0.25) is 0 Å². The van der Waals surface area contributed by atoms with Gasteiger partial charge in [-0.3, -0.25) is 4.99 Å². The summed E-state index contributed by atoms with van der Waals surface area (Å²) in [4.78, 5) is 3.99. The highest BCUT2D eigenvalue weighted by Crippen LogP contribution is 1.89. The summed E-state index contributed by atoms with van der Waals surface area (Å²) >= 11 is 0. The smallest absolute Gasteiger partial charge is 0.0451 e. The third-order valence-corrected chi connectivity index (χ3v) is 0.607. The summed E-state index contributed by atoms with van der Waals surface area (Å²) in [5.74, 6) is 0. The Hall–Kier alpha value is -0.370. The lowest BCUT2D eigenvalue weighted by Crippen LogP contribution is -2.33. The van der Waals surface area contributed by atoms with E-state index in [1.165, 1.54) is 0 Å². The van der Waals surface area contributed by atoms with Gasteiger partial charge in [0.1, 0.15) is 0 Å². The van der Waals surface area contributed by atoms with E-state index in [9.17, 15) is 0 Å². The summed E-state index contributed by atoms with van der Waals surface area (Å²) in [5.41, 5.74) is 5.33. The first-order chi connectivity index (χ1) is 3.56. The van der Waals surface area contributed by atoms with Crippen LogP contribution in [0.1, 0.15) is 20.8 Å². The van der Waals surface area contributed by atoms with E-state index < -0.39 is 0 Å². The monoisotopic (exact) mass is 114 g/mol. The summed E-state index contributed by atoms with van der Waals surface area (Å²) in [7, 11) is 0. The third-order valence-electron chi connectivity index (χ3n) is 0.607. The highest BCUT2D eigenvalue weighted by Gasteiger charge is 2.03. The van der Waals surface area contributed by atoms with Gasteiger partial charge in [-0.1, -0.05) is 0 Å². The zero-order valence-electron chi connectivity index (χ0n) is 5.81. The van der Waals surface area contributed by atoms with Crippen LogP contribution < -0.4 is 5.73 Å². The number of aliphatic imine (C=N–C) groups is 1. The molecule has 0 aromatic carbocycles. The van der Waals surface area contributed by atoms with Gasteiger partial charge in [0, 0.05) is 18.3 Å². The zero-order valence-corrected chi connectivity index (χ0v) is 5.81. The van der Waals surface area contributed by atoms with Crippen LogP contribution >= 0.6 is 0 Å². The van der Waals surface area contributed by atoms with Gasteiger partial charge < -0.3 is 5.73 Å². The molecule has 2 N–H and O–H groups in total. The number of hydrogen-bond acceptors (Lipinski definition) is 2. The minimum atomic E-state index is -0.240. The fourth-order valence-electron chi connectivity index (χ4n) is 0.327. The quantitative estimate of drug-likeness (QED) is 0.530. The van der Waals surface area contributed by atoms with Crippen molar-refractivity contribution in [3.05, 3.63) is 0 Å². The predicted octanol–water partition coefficient (Wildman–Crippen LogP) is 0.814. The second kappa shape index (κ2) is 2.82. The van der Waals surface area contributed by atoms with Crippen LogP contribution in [0.15, 0.2) is 4.99 Å². The van der Waals surface area contributed by atoms with Gasteiger partial charge in [0.2, 0.25) is 0 Å². The predicted molar refractivity (Wildman–Crippen MR) is 37.3 cm³/mol. The molecule has 0 aromatic heterocycles. The molecule has 0 aliphatic rings. The molecule has 0 bridgehead atoms. The lowest BCUT2D eigenvalue weighted by molar-refractivity contribution is 0.711. The van der Waals surface area contributed by atoms with Crippen LogP contribution in [0.25, 0.3) is 0 Å². The van der Waals surface area contributed by atoms with Gasteiger partial charge in [-0.05, 0) is 20.8 Å². The van der Waals surface area contributed by atoms with Crippen molar-refractivity contribution < 1.29 is 0 Å². The number of hydrogen-bond donors (Lipinski definition) is 1. The van der Waals surface area contributed by atoms with E-state index in [4.69, 9.17) is 5.73 Å². The van der Waals surface area contributed by atoms with Crippen molar-refractivity contribution in [3.63, 3.8) is 0 Å². The molecule has 0 radical (unpaired) electrons. The van der Waals surface area contributed by atoms with Gasteiger partial charge in [0.15, 0.2) is 0 Å². The summed E-state index contributed by atoms with van der Waals surface area (Å²) in [5, 5.41) is 0. The molecule has 0 amide bonds. The Labute approximate surface area is 50.8 Å². The molecule has 0 saturated carbocycles. The zero-order chi connectivity index (χ0) is 6.62. The Morgan fingerprint density at radius 1 is 1.62 bits per heavy atom. The fourth-order valence-corrected chi connectivity index (χ4v) is 0.327. The Bertz CT molecular complexity index is 79.0. The van der Waals surface area contributed by atoms with Crippen molar-refractivity contribution in [1.82, 2.24) is 0 Å². The maximum Gasteiger partial charge on any atom is 0.0451 e. The highest BCUT2D eigenvalue weighted by molar-refractivity contribution is 5.68.